The van der Waals surface area contributed by atoms with Gasteiger partial charge in [-0.25, -0.2) is 0 Å². The van der Waals surface area contributed by atoms with Crippen LogP contribution in [0.15, 0.2) is 29.3 Å². The number of nitrogens with one attached hydrogen (secondary N) is 2. The van der Waals surface area contributed by atoms with Crippen LogP contribution in [0.3, 0.4) is 0 Å². The molecule has 5 nitrogen and oxygen atoms in total. The average molecular weight is 375 g/mol. The Morgan fingerprint density at radius 1 is 1.26 bits per heavy atom. The maximum absolute atomic E-state index is 12.1. The molecule has 27 heavy (non-hydrogen) atoms. The van der Waals surface area contributed by atoms with Crippen molar-refractivity contribution in [3.8, 4) is 0 Å². The van der Waals surface area contributed by atoms with Crippen molar-refractivity contribution < 1.29 is 4.79 Å². The number of aliphatic imine (C=N–C) groups is 1. The van der Waals surface area contributed by atoms with E-state index in [1.54, 1.807) is 19.0 Å². The molecule has 0 saturated carbocycles. The van der Waals surface area contributed by atoms with Crippen molar-refractivity contribution in [3.05, 3.63) is 35.4 Å². The third-order valence-electron chi connectivity index (χ3n) is 4.31. The molecule has 1 atom stereocenters. The van der Waals surface area contributed by atoms with Gasteiger partial charge in [0.25, 0.3) is 5.91 Å². The highest BCUT2D eigenvalue weighted by Gasteiger charge is 2.13. The van der Waals surface area contributed by atoms with Crippen LogP contribution in [0.5, 0.6) is 0 Å². The first-order valence-corrected chi connectivity index (χ1v) is 9.98. The summed E-state index contributed by atoms with van der Waals surface area (Å²) >= 11 is 0. The largest absolute Gasteiger partial charge is 0.357 e. The Bertz CT molecular complexity index is 617. The minimum atomic E-state index is 0.0306. The summed E-state index contributed by atoms with van der Waals surface area (Å²) < 4.78 is 0. The summed E-state index contributed by atoms with van der Waals surface area (Å²) in [5, 5.41) is 6.82. The molecule has 5 heteroatoms. The van der Waals surface area contributed by atoms with E-state index in [1.807, 2.05) is 24.3 Å². The zero-order valence-electron chi connectivity index (χ0n) is 18.2. The summed E-state index contributed by atoms with van der Waals surface area (Å²) in [4.78, 5) is 18.4. The van der Waals surface area contributed by atoms with Gasteiger partial charge in [0.05, 0.1) is 0 Å². The molecule has 0 heterocycles. The lowest BCUT2D eigenvalue weighted by Crippen LogP contribution is -2.42. The second-order valence-corrected chi connectivity index (χ2v) is 8.56. The molecule has 1 rings (SSSR count). The van der Waals surface area contributed by atoms with Crippen LogP contribution in [-0.2, 0) is 6.42 Å². The van der Waals surface area contributed by atoms with E-state index in [0.717, 1.165) is 36.5 Å². The molecule has 1 unspecified atom stereocenters. The summed E-state index contributed by atoms with van der Waals surface area (Å²) in [5.74, 6) is 0.891. The summed E-state index contributed by atoms with van der Waals surface area (Å²) in [5.41, 5.74) is 2.20. The summed E-state index contributed by atoms with van der Waals surface area (Å²) in [6.45, 7) is 12.6. The number of nitrogens with zero attached hydrogens (tertiary/aromatic N) is 2. The summed E-state index contributed by atoms with van der Waals surface area (Å²) in [6, 6.07) is 8.19. The van der Waals surface area contributed by atoms with Crippen LogP contribution >= 0.6 is 0 Å². The number of guanidine groups is 1. The van der Waals surface area contributed by atoms with Crippen LogP contribution in [-0.4, -0.2) is 50.0 Å². The minimum Gasteiger partial charge on any atom is -0.357 e. The normalized spacial score (nSPS) is 13.2. The first-order chi connectivity index (χ1) is 12.6. The van der Waals surface area contributed by atoms with Gasteiger partial charge in [0.1, 0.15) is 0 Å². The Morgan fingerprint density at radius 3 is 2.56 bits per heavy atom. The molecular formula is C22H38N4O. The van der Waals surface area contributed by atoms with E-state index >= 15 is 0 Å². The lowest BCUT2D eigenvalue weighted by Gasteiger charge is -2.23. The van der Waals surface area contributed by atoms with Crippen LogP contribution in [0.2, 0.25) is 0 Å². The third-order valence-corrected chi connectivity index (χ3v) is 4.31. The smallest absolute Gasteiger partial charge is 0.253 e. The molecule has 1 aromatic rings. The molecule has 0 aliphatic rings. The van der Waals surface area contributed by atoms with Gasteiger partial charge in [-0.1, -0.05) is 32.9 Å². The minimum absolute atomic E-state index is 0.0306. The standard InChI is InChI=1S/C22H38N4O/c1-8-23-21(25-17(2)12-14-22(3,4)5)24-15-13-18-10-9-11-19(16-18)20(27)26(6)7/h9-11,16-17H,8,12-15H2,1-7H3,(H2,23,24,25). The number of hydrogen-bond donors (Lipinski definition) is 2. The fraction of sp³-hybridized carbons (Fsp3) is 0.636. The van der Waals surface area contributed by atoms with Crippen LogP contribution in [0, 0.1) is 5.41 Å². The number of hydrogen-bond acceptors (Lipinski definition) is 2. The topological polar surface area (TPSA) is 56.7 Å². The van der Waals surface area contributed by atoms with E-state index < -0.39 is 0 Å². The molecule has 152 valence electrons. The van der Waals surface area contributed by atoms with Crippen molar-refractivity contribution in [1.29, 1.82) is 0 Å². The third kappa shape index (κ3) is 9.45. The Hall–Kier alpha value is -2.04. The second kappa shape index (κ2) is 11.0. The molecule has 0 aliphatic carbocycles. The van der Waals surface area contributed by atoms with E-state index in [1.165, 1.54) is 6.42 Å². The number of carbonyl (C=O) groups is 1. The van der Waals surface area contributed by atoms with Crippen molar-refractivity contribution in [2.45, 2.75) is 59.9 Å². The predicted molar refractivity (Wildman–Crippen MR) is 115 cm³/mol. The Balaban J connectivity index is 2.63. The fourth-order valence-electron chi connectivity index (χ4n) is 2.69. The Kier molecular flexibility index (Phi) is 9.33. The number of amides is 1. The van der Waals surface area contributed by atoms with E-state index in [-0.39, 0.29) is 5.91 Å². The molecular weight excluding hydrogens is 336 g/mol. The fourth-order valence-corrected chi connectivity index (χ4v) is 2.69. The van der Waals surface area contributed by atoms with Crippen LogP contribution in [0.4, 0.5) is 0 Å². The van der Waals surface area contributed by atoms with Gasteiger partial charge in [0, 0.05) is 38.8 Å². The van der Waals surface area contributed by atoms with E-state index in [0.29, 0.717) is 18.0 Å². The summed E-state index contributed by atoms with van der Waals surface area (Å²) in [6.07, 6.45) is 3.09. The number of carbonyl (C=O) groups excluding carboxylic acids is 1. The quantitative estimate of drug-likeness (QED) is 0.539. The van der Waals surface area contributed by atoms with Gasteiger partial charge in [0.15, 0.2) is 5.96 Å². The Morgan fingerprint density at radius 2 is 1.96 bits per heavy atom. The zero-order chi connectivity index (χ0) is 20.4. The van der Waals surface area contributed by atoms with Crippen molar-refractivity contribution in [1.82, 2.24) is 15.5 Å². The number of benzene rings is 1. The molecule has 0 spiro atoms. The number of rotatable bonds is 8. The summed E-state index contributed by atoms with van der Waals surface area (Å²) in [7, 11) is 3.54. The second-order valence-electron chi connectivity index (χ2n) is 8.56. The molecule has 0 bridgehead atoms. The first-order valence-electron chi connectivity index (χ1n) is 9.98. The lowest BCUT2D eigenvalue weighted by molar-refractivity contribution is 0.0827. The zero-order valence-corrected chi connectivity index (χ0v) is 18.2. The predicted octanol–water partition coefficient (Wildman–Crippen LogP) is 3.70. The maximum atomic E-state index is 12.1. The van der Waals surface area contributed by atoms with Gasteiger partial charge in [-0.15, -0.1) is 0 Å². The van der Waals surface area contributed by atoms with Crippen molar-refractivity contribution in [3.63, 3.8) is 0 Å². The van der Waals surface area contributed by atoms with Gasteiger partial charge in [-0.3, -0.25) is 9.79 Å². The maximum Gasteiger partial charge on any atom is 0.253 e. The molecule has 2 N–H and O–H groups in total. The van der Waals surface area contributed by atoms with E-state index in [2.05, 4.69) is 45.3 Å². The van der Waals surface area contributed by atoms with Gasteiger partial charge in [-0.2, -0.15) is 0 Å². The molecule has 0 radical (unpaired) electrons. The SMILES string of the molecule is CCNC(=NCCc1cccc(C(=O)N(C)C)c1)NC(C)CCC(C)(C)C. The molecule has 0 saturated heterocycles. The van der Waals surface area contributed by atoms with Gasteiger partial charge in [0.2, 0.25) is 0 Å². The lowest BCUT2D eigenvalue weighted by atomic mass is 9.89. The highest BCUT2D eigenvalue weighted by molar-refractivity contribution is 5.94. The Labute approximate surface area is 165 Å². The first kappa shape index (κ1) is 23.0. The monoisotopic (exact) mass is 374 g/mol. The highest BCUT2D eigenvalue weighted by Crippen LogP contribution is 2.21. The molecule has 1 aromatic carbocycles. The van der Waals surface area contributed by atoms with Crippen LogP contribution in [0.1, 0.15) is 63.4 Å². The average Bonchev–Trinajstić information content (AvgIpc) is 2.59. The highest BCUT2D eigenvalue weighted by atomic mass is 16.2. The molecule has 1 amide bonds. The van der Waals surface area contributed by atoms with Crippen LogP contribution < -0.4 is 10.6 Å². The van der Waals surface area contributed by atoms with Crippen molar-refractivity contribution in [2.24, 2.45) is 10.4 Å². The van der Waals surface area contributed by atoms with Gasteiger partial charge >= 0.3 is 0 Å². The van der Waals surface area contributed by atoms with E-state index in [4.69, 9.17) is 4.99 Å². The molecule has 0 fully saturated rings. The van der Waals surface area contributed by atoms with Gasteiger partial charge < -0.3 is 15.5 Å². The van der Waals surface area contributed by atoms with Gasteiger partial charge in [-0.05, 0) is 56.2 Å². The van der Waals surface area contributed by atoms with E-state index in [9.17, 15) is 4.79 Å². The molecule has 0 aliphatic heterocycles. The van der Waals surface area contributed by atoms with Crippen molar-refractivity contribution >= 4 is 11.9 Å². The molecule has 0 aromatic heterocycles. The van der Waals surface area contributed by atoms with Crippen molar-refractivity contribution in [2.75, 3.05) is 27.2 Å². The van der Waals surface area contributed by atoms with Crippen LogP contribution in [0.25, 0.3) is 0 Å².